The molecule has 1 atom stereocenters. The molecule has 1 aromatic carbocycles. The molecule has 0 fully saturated rings. The van der Waals surface area contributed by atoms with Crippen molar-refractivity contribution in [1.29, 1.82) is 0 Å². The van der Waals surface area contributed by atoms with E-state index in [1.54, 1.807) is 38.3 Å². The van der Waals surface area contributed by atoms with Gasteiger partial charge in [0.2, 0.25) is 6.23 Å². The van der Waals surface area contributed by atoms with Crippen LogP contribution in [0.4, 0.5) is 0 Å². The van der Waals surface area contributed by atoms with Crippen molar-refractivity contribution in [2.75, 3.05) is 21.3 Å². The number of hydroxylamine groups is 1. The number of ether oxygens (including phenoxy) is 2. The lowest BCUT2D eigenvalue weighted by atomic mass is 10.3. The Balaban J connectivity index is 0.00000154. The number of Topliss-reactive ketones (excluding diaryl/α,β-unsaturated/α-hetero) is 1. The second kappa shape index (κ2) is 10.3. The third-order valence-corrected chi connectivity index (χ3v) is 2.16. The first-order valence-electron chi connectivity index (χ1n) is 5.74. The molecule has 6 heteroatoms. The molecule has 0 spiro atoms. The zero-order valence-corrected chi connectivity index (χ0v) is 11.6. The normalized spacial score (nSPS) is 11.0. The molecule has 0 saturated heterocycles. The molecule has 0 aliphatic heterocycles. The number of rotatable bonds is 7. The molecular weight excluding hydrogens is 250 g/mol. The van der Waals surface area contributed by atoms with Gasteiger partial charge in [-0.2, -0.15) is 5.48 Å². The maximum Gasteiger partial charge on any atom is 0.230 e. The molecule has 107 valence electrons. The minimum absolute atomic E-state index is 0.0883. The highest BCUT2D eigenvalue weighted by atomic mass is 16.7. The van der Waals surface area contributed by atoms with Gasteiger partial charge in [0.15, 0.2) is 5.78 Å². The highest BCUT2D eigenvalue weighted by Crippen LogP contribution is 2.19. The quantitative estimate of drug-likeness (QED) is 0.601. The van der Waals surface area contributed by atoms with Crippen LogP contribution in [0, 0.1) is 0 Å². The van der Waals surface area contributed by atoms with Crippen molar-refractivity contribution in [3.63, 3.8) is 0 Å². The summed E-state index contributed by atoms with van der Waals surface area (Å²) in [6, 6.07) is 7.03. The fourth-order valence-corrected chi connectivity index (χ4v) is 1.26. The lowest BCUT2D eigenvalue weighted by molar-refractivity contribution is -0.134. The molecule has 19 heavy (non-hydrogen) atoms. The fraction of sp³-hybridized carbons (Fsp3) is 0.462. The van der Waals surface area contributed by atoms with Gasteiger partial charge in [-0.1, -0.05) is 13.0 Å². The van der Waals surface area contributed by atoms with E-state index >= 15 is 0 Å². The fourth-order valence-electron chi connectivity index (χ4n) is 1.26. The van der Waals surface area contributed by atoms with Crippen LogP contribution in [0.1, 0.15) is 13.3 Å². The molecule has 0 amide bonds. The monoisotopic (exact) mass is 270 g/mol. The van der Waals surface area contributed by atoms with Crippen molar-refractivity contribution in [1.82, 2.24) is 5.48 Å². The Kier molecular flexibility index (Phi) is 9.42. The summed E-state index contributed by atoms with van der Waals surface area (Å²) in [4.78, 5) is 16.3. The van der Waals surface area contributed by atoms with Crippen LogP contribution in [0.25, 0.3) is 0 Å². The number of carbonyl (C=O) groups excluding carboxylic acids is 1. The number of ketones is 1. The van der Waals surface area contributed by atoms with Crippen LogP contribution in [0.3, 0.4) is 0 Å². The Morgan fingerprint density at radius 3 is 2.42 bits per heavy atom. The van der Waals surface area contributed by atoms with E-state index in [2.05, 4.69) is 5.48 Å². The Morgan fingerprint density at radius 2 is 1.89 bits per heavy atom. The van der Waals surface area contributed by atoms with Gasteiger partial charge in [-0.25, -0.2) is 5.11 Å². The molecule has 0 saturated carbocycles. The summed E-state index contributed by atoms with van der Waals surface area (Å²) in [5, 5.41) is 8.25. The second-order valence-corrected chi connectivity index (χ2v) is 3.32. The summed E-state index contributed by atoms with van der Waals surface area (Å²) in [7, 11) is 3.76. The Labute approximate surface area is 113 Å². The van der Waals surface area contributed by atoms with E-state index in [0.717, 1.165) is 7.11 Å². The van der Waals surface area contributed by atoms with Crippen LogP contribution >= 0.6 is 0 Å². The molecule has 1 N–H and O–H groups in total. The zero-order chi connectivity index (χ0) is 14.7. The van der Waals surface area contributed by atoms with Crippen LogP contribution in [0.5, 0.6) is 11.5 Å². The predicted molar refractivity (Wildman–Crippen MR) is 69.5 cm³/mol. The van der Waals surface area contributed by atoms with E-state index in [1.165, 1.54) is 7.11 Å². The van der Waals surface area contributed by atoms with Gasteiger partial charge < -0.3 is 14.3 Å². The van der Waals surface area contributed by atoms with E-state index in [9.17, 15) is 4.79 Å². The number of carbonyl (C=O) groups is 1. The highest BCUT2D eigenvalue weighted by molar-refractivity contribution is 5.82. The van der Waals surface area contributed by atoms with Crippen molar-refractivity contribution in [2.45, 2.75) is 19.6 Å². The lowest BCUT2D eigenvalue weighted by Crippen LogP contribution is -2.40. The van der Waals surface area contributed by atoms with Gasteiger partial charge in [0.1, 0.15) is 11.5 Å². The third-order valence-electron chi connectivity index (χ3n) is 2.16. The Morgan fingerprint density at radius 1 is 1.26 bits per heavy atom. The standard InChI is InChI=1S/C12H17NO4.CH3O/c1-4-11(14)12(13-16-3)17-10-7-5-6-9(8-10)15-2;1-2/h5-8,12-13H,4H2,1-3H3;1H3. The van der Waals surface area contributed by atoms with Crippen molar-refractivity contribution in [2.24, 2.45) is 0 Å². The molecule has 0 aromatic heterocycles. The van der Waals surface area contributed by atoms with Gasteiger partial charge in [-0.15, -0.1) is 0 Å². The van der Waals surface area contributed by atoms with Crippen molar-refractivity contribution < 1.29 is 24.2 Å². The zero-order valence-electron chi connectivity index (χ0n) is 11.6. The number of benzene rings is 1. The molecule has 0 aliphatic rings. The SMILES string of the molecule is CCC(=O)C(NOC)Oc1cccc(OC)c1.C[O]. The van der Waals surface area contributed by atoms with Crippen molar-refractivity contribution >= 4 is 5.78 Å². The maximum absolute atomic E-state index is 11.6. The summed E-state index contributed by atoms with van der Waals surface area (Å²) in [5.41, 5.74) is 2.51. The number of nitrogens with one attached hydrogen (secondary N) is 1. The molecule has 0 heterocycles. The van der Waals surface area contributed by atoms with Crippen LogP contribution in [0.15, 0.2) is 24.3 Å². The van der Waals surface area contributed by atoms with Crippen molar-refractivity contribution in [3.8, 4) is 11.5 Å². The summed E-state index contributed by atoms with van der Waals surface area (Å²) >= 11 is 0. The summed E-state index contributed by atoms with van der Waals surface area (Å²) < 4.78 is 10.6. The smallest absolute Gasteiger partial charge is 0.230 e. The highest BCUT2D eigenvalue weighted by Gasteiger charge is 2.18. The predicted octanol–water partition coefficient (Wildman–Crippen LogP) is 1.58. The minimum Gasteiger partial charge on any atom is -0.497 e. The lowest BCUT2D eigenvalue weighted by Gasteiger charge is -2.17. The first kappa shape index (κ1) is 17.4. The molecule has 0 bridgehead atoms. The molecule has 1 radical (unpaired) electrons. The molecule has 0 aliphatic carbocycles. The van der Waals surface area contributed by atoms with Crippen LogP contribution < -0.4 is 15.0 Å². The first-order chi connectivity index (χ1) is 9.21. The van der Waals surface area contributed by atoms with E-state index in [1.807, 2.05) is 0 Å². The number of hydrogen-bond donors (Lipinski definition) is 1. The van der Waals surface area contributed by atoms with Gasteiger partial charge in [-0.3, -0.25) is 4.79 Å². The largest absolute Gasteiger partial charge is 0.497 e. The van der Waals surface area contributed by atoms with Crippen LogP contribution in [-0.2, 0) is 14.7 Å². The Hall–Kier alpha value is -1.63. The maximum atomic E-state index is 11.6. The molecule has 1 aromatic rings. The minimum atomic E-state index is -0.808. The third kappa shape index (κ3) is 6.19. The molecule has 1 rings (SSSR count). The van der Waals surface area contributed by atoms with E-state index in [-0.39, 0.29) is 5.78 Å². The summed E-state index contributed by atoms with van der Waals surface area (Å²) in [6.07, 6.45) is -0.442. The average Bonchev–Trinajstić information content (AvgIpc) is 2.48. The molecule has 6 nitrogen and oxygen atoms in total. The van der Waals surface area contributed by atoms with Gasteiger partial charge in [0, 0.05) is 12.5 Å². The average molecular weight is 270 g/mol. The number of methoxy groups -OCH3 is 1. The van der Waals surface area contributed by atoms with Crippen LogP contribution in [-0.4, -0.2) is 33.3 Å². The second-order valence-electron chi connectivity index (χ2n) is 3.32. The number of hydrogen-bond acceptors (Lipinski definition) is 5. The molecule has 1 unspecified atom stereocenters. The first-order valence-corrected chi connectivity index (χ1v) is 5.74. The van der Waals surface area contributed by atoms with Crippen molar-refractivity contribution in [3.05, 3.63) is 24.3 Å². The van der Waals surface area contributed by atoms with E-state index in [0.29, 0.717) is 17.9 Å². The summed E-state index contributed by atoms with van der Waals surface area (Å²) in [5.74, 6) is 1.12. The van der Waals surface area contributed by atoms with E-state index < -0.39 is 6.23 Å². The topological polar surface area (TPSA) is 76.7 Å². The Bertz CT molecular complexity index is 370. The van der Waals surface area contributed by atoms with Crippen LogP contribution in [0.2, 0.25) is 0 Å². The van der Waals surface area contributed by atoms with Gasteiger partial charge >= 0.3 is 0 Å². The van der Waals surface area contributed by atoms with Gasteiger partial charge in [-0.05, 0) is 12.1 Å². The van der Waals surface area contributed by atoms with E-state index in [4.69, 9.17) is 19.4 Å². The summed E-state index contributed by atoms with van der Waals surface area (Å²) in [6.45, 7) is 1.77. The van der Waals surface area contributed by atoms with Gasteiger partial charge in [0.25, 0.3) is 0 Å². The van der Waals surface area contributed by atoms with Gasteiger partial charge in [0.05, 0.1) is 21.3 Å². The molecular formula is C13H20NO5.